The van der Waals surface area contributed by atoms with Crippen LogP contribution in [0.25, 0.3) is 16.0 Å². The molecule has 8 heteroatoms. The Bertz CT molecular complexity index is 1670. The molecule has 0 unspecified atom stereocenters. The number of hydrogen-bond acceptors (Lipinski definition) is 7. The molecule has 2 aliphatic rings. The molecule has 0 spiro atoms. The lowest BCUT2D eigenvalue weighted by Gasteiger charge is -2.23. The molecule has 0 bridgehead atoms. The smallest absolute Gasteiger partial charge is 0.301 e. The summed E-state index contributed by atoms with van der Waals surface area (Å²) in [7, 11) is 0. The van der Waals surface area contributed by atoms with E-state index in [0.717, 1.165) is 27.1 Å². The number of ketones is 1. The van der Waals surface area contributed by atoms with Gasteiger partial charge in [0.25, 0.3) is 5.78 Å². The van der Waals surface area contributed by atoms with Gasteiger partial charge < -0.3 is 14.6 Å². The minimum atomic E-state index is -0.837. The highest BCUT2D eigenvalue weighted by Crippen LogP contribution is 2.45. The number of Topliss-reactive ketones (excluding diaryl/α,β-unsaturated/α-hetero) is 1. The van der Waals surface area contributed by atoms with Crippen LogP contribution in [-0.2, 0) is 16.0 Å². The largest absolute Gasteiger partial charge is 0.507 e. The summed E-state index contributed by atoms with van der Waals surface area (Å²) in [5.74, 6) is 0.131. The number of anilines is 1. The van der Waals surface area contributed by atoms with E-state index in [9.17, 15) is 14.7 Å². The lowest BCUT2D eigenvalue weighted by molar-refractivity contribution is -0.132. The molecule has 204 valence electrons. The van der Waals surface area contributed by atoms with Gasteiger partial charge in [-0.3, -0.25) is 14.5 Å². The molecule has 1 N–H and O–H groups in total. The van der Waals surface area contributed by atoms with E-state index in [4.69, 9.17) is 14.5 Å². The van der Waals surface area contributed by atoms with Crippen LogP contribution < -0.4 is 14.4 Å². The molecule has 1 amide bonds. The van der Waals surface area contributed by atoms with Crippen molar-refractivity contribution >= 4 is 44.1 Å². The zero-order valence-electron chi connectivity index (χ0n) is 22.8. The van der Waals surface area contributed by atoms with E-state index < -0.39 is 17.7 Å². The maximum absolute atomic E-state index is 13.6. The maximum Gasteiger partial charge on any atom is 0.301 e. The van der Waals surface area contributed by atoms with E-state index in [-0.39, 0.29) is 17.4 Å². The molecule has 7 nitrogen and oxygen atoms in total. The number of aliphatic hydroxyl groups excluding tert-OH is 1. The Morgan fingerprint density at radius 2 is 1.90 bits per heavy atom. The molecule has 6 rings (SSSR count). The van der Waals surface area contributed by atoms with Crippen LogP contribution in [-0.4, -0.2) is 34.5 Å². The van der Waals surface area contributed by atoms with Gasteiger partial charge in [0, 0.05) is 12.0 Å². The van der Waals surface area contributed by atoms with Crippen molar-refractivity contribution in [1.82, 2.24) is 4.98 Å². The van der Waals surface area contributed by atoms with Crippen LogP contribution >= 0.6 is 11.3 Å². The van der Waals surface area contributed by atoms with E-state index in [1.807, 2.05) is 62.4 Å². The molecule has 0 aliphatic carbocycles. The summed E-state index contributed by atoms with van der Waals surface area (Å²) in [5.41, 5.74) is 4.04. The predicted octanol–water partition coefficient (Wildman–Crippen LogP) is 6.77. The molecule has 1 aromatic heterocycles. The van der Waals surface area contributed by atoms with Gasteiger partial charge in [-0.05, 0) is 72.9 Å². The van der Waals surface area contributed by atoms with Gasteiger partial charge >= 0.3 is 5.91 Å². The Kier molecular flexibility index (Phi) is 6.58. The topological polar surface area (TPSA) is 89.0 Å². The lowest BCUT2D eigenvalue weighted by Crippen LogP contribution is -2.29. The van der Waals surface area contributed by atoms with E-state index in [1.165, 1.54) is 16.2 Å². The van der Waals surface area contributed by atoms with Crippen molar-refractivity contribution in [3.05, 3.63) is 88.5 Å². The first-order valence-corrected chi connectivity index (χ1v) is 14.3. The summed E-state index contributed by atoms with van der Waals surface area (Å²) in [6.07, 6.45) is 0.750. The van der Waals surface area contributed by atoms with Crippen molar-refractivity contribution in [1.29, 1.82) is 0 Å². The van der Waals surface area contributed by atoms with Crippen molar-refractivity contribution in [3.63, 3.8) is 0 Å². The molecule has 1 saturated heterocycles. The fraction of sp³-hybridized carbons (Fsp3) is 0.281. The number of nitrogens with zero attached hydrogens (tertiary/aromatic N) is 2. The highest BCUT2D eigenvalue weighted by atomic mass is 32.1. The summed E-state index contributed by atoms with van der Waals surface area (Å²) in [5, 5.41) is 12.0. The highest BCUT2D eigenvalue weighted by molar-refractivity contribution is 7.22. The van der Waals surface area contributed by atoms with Crippen LogP contribution in [0.3, 0.4) is 0 Å². The monoisotopic (exact) mass is 554 g/mol. The summed E-state index contributed by atoms with van der Waals surface area (Å²) >= 11 is 1.31. The van der Waals surface area contributed by atoms with Gasteiger partial charge in [-0.1, -0.05) is 49.4 Å². The molecule has 3 heterocycles. The normalized spacial score (nSPS) is 19.9. The molecular weight excluding hydrogens is 524 g/mol. The highest BCUT2D eigenvalue weighted by Gasteiger charge is 2.48. The van der Waals surface area contributed by atoms with Crippen molar-refractivity contribution in [2.45, 2.75) is 52.2 Å². The second-order valence-electron chi connectivity index (χ2n) is 10.5. The summed E-state index contributed by atoms with van der Waals surface area (Å²) in [6.45, 7) is 8.66. The summed E-state index contributed by atoms with van der Waals surface area (Å²) < 4.78 is 12.3. The Hall–Kier alpha value is -4.17. The zero-order chi connectivity index (χ0) is 28.1. The lowest BCUT2D eigenvalue weighted by atomic mass is 9.93. The van der Waals surface area contributed by atoms with Crippen LogP contribution in [0.4, 0.5) is 5.13 Å². The predicted molar refractivity (Wildman–Crippen MR) is 156 cm³/mol. The number of carbonyl (C=O) groups excluding carboxylic acids is 2. The standard InChI is InChI=1S/C32H30N2O5S/c1-5-38-23-11-12-24-26(16-23)40-32(33-24)34-28(20-8-6-19(7-9-20)17(2)3)27(30(36)31(34)37)29(35)21-10-13-25-22(15-21)14-18(4)39-25/h6-13,15-18,28,35H,5,14H2,1-4H3/b29-27+/t18-,28-/m1/s1. The number of aliphatic hydroxyl groups is 1. The SMILES string of the molecule is CCOc1ccc2nc(N3C(=O)C(=O)/C(=C(/O)c4ccc5c(c4)C[C@@H](C)O5)[C@H]3c3ccc(C(C)C)cc3)sc2c1. The maximum atomic E-state index is 13.6. The Balaban J connectivity index is 1.50. The molecule has 0 saturated carbocycles. The van der Waals surface area contributed by atoms with Gasteiger partial charge in [0.2, 0.25) is 0 Å². The van der Waals surface area contributed by atoms with Crippen LogP contribution in [0.15, 0.2) is 66.2 Å². The average molecular weight is 555 g/mol. The number of benzene rings is 3. The summed E-state index contributed by atoms with van der Waals surface area (Å²) in [6, 6.07) is 17.9. The zero-order valence-corrected chi connectivity index (χ0v) is 23.6. The number of ether oxygens (including phenoxy) is 2. The number of amides is 1. The fourth-order valence-electron chi connectivity index (χ4n) is 5.39. The molecule has 4 aromatic rings. The van der Waals surface area contributed by atoms with Gasteiger partial charge in [-0.15, -0.1) is 0 Å². The van der Waals surface area contributed by atoms with Crippen molar-refractivity contribution in [2.75, 3.05) is 11.5 Å². The molecule has 0 radical (unpaired) electrons. The van der Waals surface area contributed by atoms with Gasteiger partial charge in [0.15, 0.2) is 5.13 Å². The quantitative estimate of drug-likeness (QED) is 0.161. The van der Waals surface area contributed by atoms with Crippen LogP contribution in [0.5, 0.6) is 11.5 Å². The molecule has 40 heavy (non-hydrogen) atoms. The number of aromatic nitrogens is 1. The first-order valence-electron chi connectivity index (χ1n) is 13.5. The average Bonchev–Trinajstić information content (AvgIpc) is 3.60. The second kappa shape index (κ2) is 10.1. The third kappa shape index (κ3) is 4.42. The van der Waals surface area contributed by atoms with Crippen molar-refractivity contribution < 1.29 is 24.2 Å². The summed E-state index contributed by atoms with van der Waals surface area (Å²) in [4.78, 5) is 33.4. The van der Waals surface area contributed by atoms with Gasteiger partial charge in [-0.2, -0.15) is 0 Å². The molecule has 2 atom stereocenters. The second-order valence-corrected chi connectivity index (χ2v) is 11.5. The third-order valence-corrected chi connectivity index (χ3v) is 8.42. The number of rotatable bonds is 6. The van der Waals surface area contributed by atoms with E-state index in [0.29, 0.717) is 40.9 Å². The van der Waals surface area contributed by atoms with Crippen LogP contribution in [0.2, 0.25) is 0 Å². The molecular formula is C32H30N2O5S. The fourth-order valence-corrected chi connectivity index (χ4v) is 6.41. The van der Waals surface area contributed by atoms with E-state index in [2.05, 4.69) is 13.8 Å². The number of thiazole rings is 1. The van der Waals surface area contributed by atoms with Gasteiger partial charge in [-0.25, -0.2) is 4.98 Å². The van der Waals surface area contributed by atoms with E-state index >= 15 is 0 Å². The van der Waals surface area contributed by atoms with Crippen molar-refractivity contribution in [2.24, 2.45) is 0 Å². The number of carbonyl (C=O) groups is 2. The van der Waals surface area contributed by atoms with E-state index in [1.54, 1.807) is 12.1 Å². The Morgan fingerprint density at radius 3 is 2.62 bits per heavy atom. The van der Waals surface area contributed by atoms with Gasteiger partial charge in [0.05, 0.1) is 28.4 Å². The van der Waals surface area contributed by atoms with Crippen LogP contribution in [0, 0.1) is 0 Å². The Labute approximate surface area is 236 Å². The van der Waals surface area contributed by atoms with Gasteiger partial charge in [0.1, 0.15) is 23.4 Å². The van der Waals surface area contributed by atoms with Crippen molar-refractivity contribution in [3.8, 4) is 11.5 Å². The minimum absolute atomic E-state index is 0.0414. The first-order chi connectivity index (χ1) is 19.2. The molecule has 1 fully saturated rings. The first kappa shape index (κ1) is 26.1. The number of hydrogen-bond donors (Lipinski definition) is 1. The molecule has 2 aliphatic heterocycles. The molecule has 3 aromatic carbocycles. The Morgan fingerprint density at radius 1 is 1.12 bits per heavy atom. The minimum Gasteiger partial charge on any atom is -0.507 e. The third-order valence-electron chi connectivity index (χ3n) is 7.40. The van der Waals surface area contributed by atoms with Crippen LogP contribution in [0.1, 0.15) is 61.9 Å². The number of fused-ring (bicyclic) bond motifs is 2.